The number of halogens is 2. The van der Waals surface area contributed by atoms with E-state index in [0.717, 1.165) is 6.07 Å². The number of nitrogen functional groups attached to an aromatic ring is 1. The highest BCUT2D eigenvalue weighted by atomic mass is 32.2. The van der Waals surface area contributed by atoms with E-state index in [-0.39, 0.29) is 22.9 Å². The molecule has 0 amide bonds. The van der Waals surface area contributed by atoms with Crippen LogP contribution in [0, 0.1) is 11.6 Å². The summed E-state index contributed by atoms with van der Waals surface area (Å²) in [6.45, 7) is 0. The van der Waals surface area contributed by atoms with Gasteiger partial charge in [-0.15, -0.1) is 0 Å². The van der Waals surface area contributed by atoms with Gasteiger partial charge in [0, 0.05) is 6.04 Å². The molecule has 1 aliphatic heterocycles. The standard InChI is InChI=1S/C11H14F2N2O2S/c12-8-3-4-9(14)11(10(8)13)15-7-2-1-5-18(16,17)6-7/h3-4,7,15H,1-2,5-6,14H2. The summed E-state index contributed by atoms with van der Waals surface area (Å²) in [5, 5.41) is 2.69. The molecule has 1 heterocycles. The molecule has 7 heteroatoms. The van der Waals surface area contributed by atoms with Gasteiger partial charge in [-0.1, -0.05) is 0 Å². The van der Waals surface area contributed by atoms with Gasteiger partial charge in [-0.3, -0.25) is 0 Å². The molecule has 2 rings (SSSR count). The molecule has 0 aromatic heterocycles. The van der Waals surface area contributed by atoms with Crippen LogP contribution >= 0.6 is 0 Å². The Hall–Kier alpha value is -1.37. The van der Waals surface area contributed by atoms with Crippen LogP contribution in [0.5, 0.6) is 0 Å². The number of rotatable bonds is 2. The number of nitrogens with two attached hydrogens (primary N) is 1. The summed E-state index contributed by atoms with van der Waals surface area (Å²) in [7, 11) is -3.11. The van der Waals surface area contributed by atoms with Crippen LogP contribution in [-0.4, -0.2) is 26.0 Å². The lowest BCUT2D eigenvalue weighted by atomic mass is 10.1. The molecule has 1 saturated heterocycles. The Morgan fingerprint density at radius 2 is 2.06 bits per heavy atom. The first-order valence-corrected chi connectivity index (χ1v) is 7.41. The Morgan fingerprint density at radius 1 is 1.33 bits per heavy atom. The number of benzene rings is 1. The molecule has 3 N–H and O–H groups in total. The summed E-state index contributed by atoms with van der Waals surface area (Å²) in [6.07, 6.45) is 1.10. The van der Waals surface area contributed by atoms with E-state index in [4.69, 9.17) is 5.73 Å². The normalized spacial score (nSPS) is 22.7. The third-order valence-electron chi connectivity index (χ3n) is 2.94. The van der Waals surface area contributed by atoms with Gasteiger partial charge in [-0.25, -0.2) is 17.2 Å². The van der Waals surface area contributed by atoms with Crippen LogP contribution < -0.4 is 11.1 Å². The molecule has 0 saturated carbocycles. The summed E-state index contributed by atoms with van der Waals surface area (Å²) in [5.74, 6) is -2.02. The molecule has 0 bridgehead atoms. The van der Waals surface area contributed by atoms with E-state index >= 15 is 0 Å². The lowest BCUT2D eigenvalue weighted by molar-refractivity contribution is 0.508. The second kappa shape index (κ2) is 4.72. The molecule has 1 fully saturated rings. The predicted octanol–water partition coefficient (Wildman–Crippen LogP) is 1.54. The third kappa shape index (κ3) is 2.72. The molecule has 0 spiro atoms. The lowest BCUT2D eigenvalue weighted by Crippen LogP contribution is -2.35. The van der Waals surface area contributed by atoms with E-state index in [9.17, 15) is 17.2 Å². The van der Waals surface area contributed by atoms with E-state index in [0.29, 0.717) is 12.8 Å². The van der Waals surface area contributed by atoms with Gasteiger partial charge in [0.2, 0.25) is 0 Å². The third-order valence-corrected chi connectivity index (χ3v) is 4.76. The van der Waals surface area contributed by atoms with Gasteiger partial charge in [0.15, 0.2) is 21.5 Å². The van der Waals surface area contributed by atoms with Gasteiger partial charge in [-0.2, -0.15) is 0 Å². The largest absolute Gasteiger partial charge is 0.397 e. The second-order valence-corrected chi connectivity index (χ2v) is 6.65. The van der Waals surface area contributed by atoms with Crippen LogP contribution in [0.25, 0.3) is 0 Å². The van der Waals surface area contributed by atoms with Crippen LogP contribution in [-0.2, 0) is 9.84 Å². The highest BCUT2D eigenvalue weighted by Gasteiger charge is 2.26. The van der Waals surface area contributed by atoms with Crippen LogP contribution in [0.2, 0.25) is 0 Å². The minimum atomic E-state index is -3.11. The average molecular weight is 276 g/mol. The van der Waals surface area contributed by atoms with Crippen molar-refractivity contribution in [2.45, 2.75) is 18.9 Å². The number of anilines is 2. The van der Waals surface area contributed by atoms with Crippen molar-refractivity contribution in [1.29, 1.82) is 0 Å². The van der Waals surface area contributed by atoms with Crippen molar-refractivity contribution in [2.75, 3.05) is 22.6 Å². The van der Waals surface area contributed by atoms with Crippen molar-refractivity contribution in [3.8, 4) is 0 Å². The van der Waals surface area contributed by atoms with E-state index in [1.54, 1.807) is 0 Å². The summed E-state index contributed by atoms with van der Waals surface area (Å²) < 4.78 is 49.5. The SMILES string of the molecule is Nc1ccc(F)c(F)c1NC1CCCS(=O)(=O)C1. The van der Waals surface area contributed by atoms with Crippen molar-refractivity contribution in [2.24, 2.45) is 0 Å². The van der Waals surface area contributed by atoms with Gasteiger partial charge in [-0.05, 0) is 25.0 Å². The summed E-state index contributed by atoms with van der Waals surface area (Å²) in [4.78, 5) is 0. The van der Waals surface area contributed by atoms with E-state index < -0.39 is 27.5 Å². The van der Waals surface area contributed by atoms with Gasteiger partial charge < -0.3 is 11.1 Å². The Kier molecular flexibility index (Phi) is 3.43. The lowest BCUT2D eigenvalue weighted by Gasteiger charge is -2.24. The van der Waals surface area contributed by atoms with Crippen LogP contribution in [0.15, 0.2) is 12.1 Å². The van der Waals surface area contributed by atoms with Gasteiger partial charge >= 0.3 is 0 Å². The molecule has 1 atom stereocenters. The topological polar surface area (TPSA) is 72.2 Å². The highest BCUT2D eigenvalue weighted by Crippen LogP contribution is 2.27. The molecule has 1 aromatic carbocycles. The zero-order chi connectivity index (χ0) is 13.3. The predicted molar refractivity (Wildman–Crippen MR) is 66.1 cm³/mol. The number of hydrogen-bond acceptors (Lipinski definition) is 4. The average Bonchev–Trinajstić information content (AvgIpc) is 2.28. The van der Waals surface area contributed by atoms with Crippen LogP contribution in [0.4, 0.5) is 20.2 Å². The van der Waals surface area contributed by atoms with Crippen molar-refractivity contribution >= 4 is 21.2 Å². The Morgan fingerprint density at radius 3 is 2.72 bits per heavy atom. The van der Waals surface area contributed by atoms with Crippen LogP contribution in [0.1, 0.15) is 12.8 Å². The maximum atomic E-state index is 13.5. The zero-order valence-electron chi connectivity index (χ0n) is 9.62. The summed E-state index contributed by atoms with van der Waals surface area (Å²) in [5.41, 5.74) is 5.47. The maximum absolute atomic E-state index is 13.5. The van der Waals surface area contributed by atoms with E-state index in [1.165, 1.54) is 6.07 Å². The minimum Gasteiger partial charge on any atom is -0.397 e. The molecule has 0 aliphatic carbocycles. The molecule has 1 aromatic rings. The van der Waals surface area contributed by atoms with Gasteiger partial charge in [0.25, 0.3) is 0 Å². The van der Waals surface area contributed by atoms with Crippen molar-refractivity contribution in [1.82, 2.24) is 0 Å². The van der Waals surface area contributed by atoms with E-state index in [1.807, 2.05) is 0 Å². The minimum absolute atomic E-state index is 0.0665. The fourth-order valence-corrected chi connectivity index (χ4v) is 3.69. The molecule has 1 unspecified atom stereocenters. The zero-order valence-corrected chi connectivity index (χ0v) is 10.4. The number of nitrogens with one attached hydrogen (secondary N) is 1. The van der Waals surface area contributed by atoms with Crippen molar-refractivity contribution < 1.29 is 17.2 Å². The Labute approximate surface area is 104 Å². The van der Waals surface area contributed by atoms with Crippen LogP contribution in [0.3, 0.4) is 0 Å². The Bertz CT molecular complexity index is 560. The first-order chi connectivity index (χ1) is 8.39. The second-order valence-electron chi connectivity index (χ2n) is 4.42. The maximum Gasteiger partial charge on any atom is 0.183 e. The number of hydrogen-bond donors (Lipinski definition) is 2. The van der Waals surface area contributed by atoms with E-state index in [2.05, 4.69) is 5.32 Å². The Balaban J connectivity index is 2.22. The molecule has 4 nitrogen and oxygen atoms in total. The highest BCUT2D eigenvalue weighted by molar-refractivity contribution is 7.91. The fraction of sp³-hybridized carbons (Fsp3) is 0.455. The first-order valence-electron chi connectivity index (χ1n) is 5.59. The van der Waals surface area contributed by atoms with Gasteiger partial charge in [0.1, 0.15) is 0 Å². The molecule has 1 aliphatic rings. The molecular weight excluding hydrogens is 262 g/mol. The molecule has 100 valence electrons. The summed E-state index contributed by atoms with van der Waals surface area (Å²) in [6, 6.07) is 1.76. The number of sulfone groups is 1. The van der Waals surface area contributed by atoms with Gasteiger partial charge in [0.05, 0.1) is 22.9 Å². The van der Waals surface area contributed by atoms with Crippen molar-refractivity contribution in [3.63, 3.8) is 0 Å². The molecular formula is C11H14F2N2O2S. The monoisotopic (exact) mass is 276 g/mol. The molecule has 18 heavy (non-hydrogen) atoms. The fourth-order valence-electron chi connectivity index (χ4n) is 2.05. The molecule has 0 radical (unpaired) electrons. The van der Waals surface area contributed by atoms with Crippen molar-refractivity contribution in [3.05, 3.63) is 23.8 Å². The smallest absolute Gasteiger partial charge is 0.183 e. The summed E-state index contributed by atoms with van der Waals surface area (Å²) >= 11 is 0. The first kappa shape index (κ1) is 13.1. The quantitative estimate of drug-likeness (QED) is 0.804.